The van der Waals surface area contributed by atoms with Crippen LogP contribution in [0.3, 0.4) is 0 Å². The maximum absolute atomic E-state index is 11.4. The molecule has 0 bridgehead atoms. The average molecular weight is 206 g/mol. The summed E-state index contributed by atoms with van der Waals surface area (Å²) in [6.45, 7) is 0. The Bertz CT molecular complexity index is 373. The van der Waals surface area contributed by atoms with Gasteiger partial charge in [0.1, 0.15) is 0 Å². The zero-order chi connectivity index (χ0) is 10.8. The minimum atomic E-state index is -0.720. The molecule has 0 spiro atoms. The van der Waals surface area contributed by atoms with E-state index in [1.165, 1.54) is 7.11 Å². The third-order valence-electron chi connectivity index (χ3n) is 2.98. The number of hydrogen-bond donors (Lipinski definition) is 1. The highest BCUT2D eigenvalue weighted by Gasteiger charge is 2.33. The molecule has 0 aliphatic heterocycles. The molecule has 0 saturated heterocycles. The summed E-state index contributed by atoms with van der Waals surface area (Å²) < 4.78 is 4.68. The van der Waals surface area contributed by atoms with Gasteiger partial charge in [0.15, 0.2) is 0 Å². The number of fused-ring (bicyclic) bond motifs is 1. The third-order valence-corrected chi connectivity index (χ3v) is 2.98. The molecule has 15 heavy (non-hydrogen) atoms. The van der Waals surface area contributed by atoms with Crippen LogP contribution in [-0.2, 0) is 16.0 Å². The fourth-order valence-electron chi connectivity index (χ4n) is 2.13. The summed E-state index contributed by atoms with van der Waals surface area (Å²) in [7, 11) is 1.36. The zero-order valence-corrected chi connectivity index (χ0v) is 8.64. The first-order valence-electron chi connectivity index (χ1n) is 5.07. The smallest absolute Gasteiger partial charge is 0.311 e. The largest absolute Gasteiger partial charge is 0.469 e. The van der Waals surface area contributed by atoms with Gasteiger partial charge in [-0.05, 0) is 24.0 Å². The van der Waals surface area contributed by atoms with Crippen molar-refractivity contribution in [3.05, 3.63) is 35.4 Å². The second kappa shape index (κ2) is 4.03. The molecule has 1 aliphatic carbocycles. The second-order valence-corrected chi connectivity index (χ2v) is 3.81. The van der Waals surface area contributed by atoms with Crippen LogP contribution >= 0.6 is 0 Å². The molecule has 0 amide bonds. The normalized spacial score (nSPS) is 24.4. The molecule has 3 nitrogen and oxygen atoms in total. The quantitative estimate of drug-likeness (QED) is 0.707. The van der Waals surface area contributed by atoms with E-state index in [9.17, 15) is 9.90 Å². The van der Waals surface area contributed by atoms with Crippen LogP contribution in [0.2, 0.25) is 0 Å². The molecule has 0 saturated carbocycles. The van der Waals surface area contributed by atoms with Gasteiger partial charge in [0.25, 0.3) is 0 Å². The predicted octanol–water partition coefficient (Wildman–Crippen LogP) is 1.46. The molecule has 2 rings (SSSR count). The van der Waals surface area contributed by atoms with Crippen LogP contribution in [0.25, 0.3) is 0 Å². The molecule has 1 aromatic rings. The molecule has 1 aliphatic rings. The number of aliphatic hydroxyl groups is 1. The van der Waals surface area contributed by atoms with Crippen molar-refractivity contribution in [2.45, 2.75) is 18.9 Å². The van der Waals surface area contributed by atoms with E-state index in [4.69, 9.17) is 0 Å². The molecule has 3 heteroatoms. The summed E-state index contributed by atoms with van der Waals surface area (Å²) in [4.78, 5) is 11.4. The number of carbonyl (C=O) groups excluding carboxylic acids is 1. The lowest BCUT2D eigenvalue weighted by atomic mass is 9.81. The van der Waals surface area contributed by atoms with Crippen molar-refractivity contribution in [1.82, 2.24) is 0 Å². The lowest BCUT2D eigenvalue weighted by Crippen LogP contribution is -2.28. The highest BCUT2D eigenvalue weighted by molar-refractivity contribution is 5.73. The van der Waals surface area contributed by atoms with Crippen molar-refractivity contribution in [2.75, 3.05) is 7.11 Å². The molecule has 2 atom stereocenters. The fourth-order valence-corrected chi connectivity index (χ4v) is 2.13. The number of ether oxygens (including phenoxy) is 1. The third kappa shape index (κ3) is 1.75. The first-order valence-corrected chi connectivity index (χ1v) is 5.07. The first kappa shape index (κ1) is 10.2. The maximum atomic E-state index is 11.4. The van der Waals surface area contributed by atoms with Crippen LogP contribution in [0.15, 0.2) is 24.3 Å². The van der Waals surface area contributed by atoms with E-state index in [2.05, 4.69) is 4.74 Å². The maximum Gasteiger partial charge on any atom is 0.311 e. The Labute approximate surface area is 88.7 Å². The Hall–Kier alpha value is -1.35. The molecule has 0 radical (unpaired) electrons. The summed E-state index contributed by atoms with van der Waals surface area (Å²) >= 11 is 0. The van der Waals surface area contributed by atoms with Crippen LogP contribution in [0.5, 0.6) is 0 Å². The Morgan fingerprint density at radius 1 is 1.47 bits per heavy atom. The Balaban J connectivity index is 2.29. The van der Waals surface area contributed by atoms with E-state index >= 15 is 0 Å². The standard InChI is InChI=1S/C12H14O3/c1-15-12(14)10-7-6-8-4-2-3-5-9(8)11(10)13/h2-5,10-11,13H,6-7H2,1H3/t10-,11-/m1/s1. The lowest BCUT2D eigenvalue weighted by Gasteiger charge is -2.27. The molecular weight excluding hydrogens is 192 g/mol. The van der Waals surface area contributed by atoms with E-state index in [1.54, 1.807) is 0 Å². The summed E-state index contributed by atoms with van der Waals surface area (Å²) in [5.74, 6) is -0.734. The van der Waals surface area contributed by atoms with Gasteiger partial charge in [-0.25, -0.2) is 0 Å². The van der Waals surface area contributed by atoms with Crippen LogP contribution < -0.4 is 0 Å². The van der Waals surface area contributed by atoms with Crippen LogP contribution in [-0.4, -0.2) is 18.2 Å². The highest BCUT2D eigenvalue weighted by Crippen LogP contribution is 2.34. The number of aliphatic hydroxyl groups excluding tert-OH is 1. The van der Waals surface area contributed by atoms with E-state index in [0.717, 1.165) is 17.5 Å². The monoisotopic (exact) mass is 206 g/mol. The molecule has 0 unspecified atom stereocenters. The molecule has 80 valence electrons. The van der Waals surface area contributed by atoms with Gasteiger partial charge >= 0.3 is 5.97 Å². The van der Waals surface area contributed by atoms with Crippen LogP contribution in [0, 0.1) is 5.92 Å². The van der Waals surface area contributed by atoms with Gasteiger partial charge in [-0.3, -0.25) is 4.79 Å². The van der Waals surface area contributed by atoms with Crippen molar-refractivity contribution < 1.29 is 14.6 Å². The number of carbonyl (C=O) groups is 1. The number of methoxy groups -OCH3 is 1. The summed E-state index contributed by atoms with van der Waals surface area (Å²) in [6, 6.07) is 7.69. The molecule has 1 aromatic carbocycles. The number of hydrogen-bond acceptors (Lipinski definition) is 3. The minimum Gasteiger partial charge on any atom is -0.469 e. The van der Waals surface area contributed by atoms with Gasteiger partial charge < -0.3 is 9.84 Å². The van der Waals surface area contributed by atoms with Gasteiger partial charge in [0.05, 0.1) is 19.1 Å². The Kier molecular flexibility index (Phi) is 2.73. The second-order valence-electron chi connectivity index (χ2n) is 3.81. The summed E-state index contributed by atoms with van der Waals surface area (Å²) in [5.41, 5.74) is 1.99. The first-order chi connectivity index (χ1) is 7.24. The van der Waals surface area contributed by atoms with Crippen molar-refractivity contribution in [2.24, 2.45) is 5.92 Å². The predicted molar refractivity (Wildman–Crippen MR) is 55.2 cm³/mol. The van der Waals surface area contributed by atoms with Crippen molar-refractivity contribution >= 4 is 5.97 Å². The van der Waals surface area contributed by atoms with Crippen LogP contribution in [0.4, 0.5) is 0 Å². The van der Waals surface area contributed by atoms with Gasteiger partial charge in [-0.15, -0.1) is 0 Å². The average Bonchev–Trinajstić information content (AvgIpc) is 2.29. The zero-order valence-electron chi connectivity index (χ0n) is 8.64. The Morgan fingerprint density at radius 2 is 2.20 bits per heavy atom. The number of aryl methyl sites for hydroxylation is 1. The lowest BCUT2D eigenvalue weighted by molar-refractivity contribution is -0.150. The molecular formula is C12H14O3. The van der Waals surface area contributed by atoms with Gasteiger partial charge in [0.2, 0.25) is 0 Å². The van der Waals surface area contributed by atoms with Crippen molar-refractivity contribution in [3.63, 3.8) is 0 Å². The molecule has 1 N–H and O–H groups in total. The van der Waals surface area contributed by atoms with Crippen molar-refractivity contribution in [1.29, 1.82) is 0 Å². The minimum absolute atomic E-state index is 0.322. The van der Waals surface area contributed by atoms with E-state index in [1.807, 2.05) is 24.3 Å². The summed E-state index contributed by atoms with van der Waals surface area (Å²) in [6.07, 6.45) is 0.764. The number of benzene rings is 1. The molecule has 0 fully saturated rings. The van der Waals surface area contributed by atoms with E-state index in [-0.39, 0.29) is 5.97 Å². The fraction of sp³-hybridized carbons (Fsp3) is 0.417. The highest BCUT2D eigenvalue weighted by atomic mass is 16.5. The van der Waals surface area contributed by atoms with Crippen molar-refractivity contribution in [3.8, 4) is 0 Å². The van der Waals surface area contributed by atoms with Gasteiger partial charge in [-0.1, -0.05) is 24.3 Å². The number of rotatable bonds is 1. The van der Waals surface area contributed by atoms with Crippen LogP contribution in [0.1, 0.15) is 23.7 Å². The topological polar surface area (TPSA) is 46.5 Å². The number of esters is 1. The van der Waals surface area contributed by atoms with Gasteiger partial charge in [0, 0.05) is 0 Å². The summed E-state index contributed by atoms with van der Waals surface area (Å²) in [5, 5.41) is 10.0. The van der Waals surface area contributed by atoms with E-state index < -0.39 is 12.0 Å². The SMILES string of the molecule is COC(=O)[C@@H]1CCc2ccccc2[C@H]1O. The van der Waals surface area contributed by atoms with Gasteiger partial charge in [-0.2, -0.15) is 0 Å². The molecule has 0 heterocycles. The molecule has 0 aromatic heterocycles. The Morgan fingerprint density at radius 3 is 2.93 bits per heavy atom. The van der Waals surface area contributed by atoms with E-state index in [0.29, 0.717) is 6.42 Å².